The summed E-state index contributed by atoms with van der Waals surface area (Å²) in [4.78, 5) is 0. The molecule has 0 bridgehead atoms. The number of benzene rings is 1. The van der Waals surface area contributed by atoms with Crippen molar-refractivity contribution in [3.05, 3.63) is 34.1 Å². The van der Waals surface area contributed by atoms with E-state index in [1.54, 1.807) is 6.07 Å². The van der Waals surface area contributed by atoms with Crippen LogP contribution < -0.4 is 11.3 Å². The standard InChI is InChI=1S/C11H13BrF4N2/c12-7-3-1-4-8(13)10(7)9(18-17)5-2-6-11(14,15)16/h1,3-4,9,18H,2,5-6,17H2. The van der Waals surface area contributed by atoms with Crippen LogP contribution >= 0.6 is 15.9 Å². The van der Waals surface area contributed by atoms with Crippen molar-refractivity contribution in [1.29, 1.82) is 0 Å². The van der Waals surface area contributed by atoms with E-state index in [-0.39, 0.29) is 18.4 Å². The van der Waals surface area contributed by atoms with Crippen LogP contribution in [-0.2, 0) is 0 Å². The van der Waals surface area contributed by atoms with Crippen molar-refractivity contribution in [2.24, 2.45) is 5.84 Å². The van der Waals surface area contributed by atoms with E-state index in [0.717, 1.165) is 0 Å². The molecule has 1 aromatic rings. The molecule has 7 heteroatoms. The van der Waals surface area contributed by atoms with Gasteiger partial charge in [-0.1, -0.05) is 22.0 Å². The predicted molar refractivity (Wildman–Crippen MR) is 64.1 cm³/mol. The largest absolute Gasteiger partial charge is 0.389 e. The van der Waals surface area contributed by atoms with Crippen molar-refractivity contribution in [3.63, 3.8) is 0 Å². The van der Waals surface area contributed by atoms with Crippen molar-refractivity contribution in [1.82, 2.24) is 5.43 Å². The summed E-state index contributed by atoms with van der Waals surface area (Å²) in [6.07, 6.45) is -5.11. The summed E-state index contributed by atoms with van der Waals surface area (Å²) < 4.78 is 50.2. The molecule has 102 valence electrons. The average molecular weight is 329 g/mol. The Morgan fingerprint density at radius 3 is 2.50 bits per heavy atom. The minimum Gasteiger partial charge on any atom is -0.271 e. The number of hydrogen-bond acceptors (Lipinski definition) is 2. The lowest BCUT2D eigenvalue weighted by Crippen LogP contribution is -2.29. The molecule has 0 saturated carbocycles. The van der Waals surface area contributed by atoms with Crippen molar-refractivity contribution in [2.45, 2.75) is 31.5 Å². The van der Waals surface area contributed by atoms with E-state index < -0.39 is 24.5 Å². The second-order valence-corrected chi connectivity index (χ2v) is 4.72. The lowest BCUT2D eigenvalue weighted by molar-refractivity contribution is -0.135. The molecule has 0 aromatic heterocycles. The van der Waals surface area contributed by atoms with Crippen LogP contribution in [0, 0.1) is 5.82 Å². The van der Waals surface area contributed by atoms with Crippen LogP contribution in [0.5, 0.6) is 0 Å². The van der Waals surface area contributed by atoms with E-state index >= 15 is 0 Å². The van der Waals surface area contributed by atoms with E-state index in [4.69, 9.17) is 5.84 Å². The molecule has 2 nitrogen and oxygen atoms in total. The first-order valence-electron chi connectivity index (χ1n) is 5.32. The Morgan fingerprint density at radius 1 is 1.33 bits per heavy atom. The molecule has 0 aliphatic heterocycles. The van der Waals surface area contributed by atoms with Gasteiger partial charge in [-0.25, -0.2) is 4.39 Å². The minimum absolute atomic E-state index is 0.107. The molecular weight excluding hydrogens is 316 g/mol. The third kappa shape index (κ3) is 4.55. The normalized spacial score (nSPS) is 13.7. The maximum absolute atomic E-state index is 13.6. The fourth-order valence-corrected chi connectivity index (χ4v) is 2.28. The van der Waals surface area contributed by atoms with E-state index in [1.165, 1.54) is 12.1 Å². The van der Waals surface area contributed by atoms with E-state index in [0.29, 0.717) is 4.47 Å². The van der Waals surface area contributed by atoms with Gasteiger partial charge < -0.3 is 0 Å². The van der Waals surface area contributed by atoms with Gasteiger partial charge in [0.15, 0.2) is 0 Å². The number of nitrogens with one attached hydrogen (secondary N) is 1. The summed E-state index contributed by atoms with van der Waals surface area (Å²) in [5.74, 6) is 4.77. The molecule has 0 heterocycles. The van der Waals surface area contributed by atoms with Crippen LogP contribution in [0.2, 0.25) is 0 Å². The van der Waals surface area contributed by atoms with Gasteiger partial charge in [0, 0.05) is 22.5 Å². The van der Waals surface area contributed by atoms with Crippen LogP contribution in [-0.4, -0.2) is 6.18 Å². The number of hydrogen-bond donors (Lipinski definition) is 2. The predicted octanol–water partition coefficient (Wildman–Crippen LogP) is 3.83. The highest BCUT2D eigenvalue weighted by atomic mass is 79.9. The first-order chi connectivity index (χ1) is 8.35. The van der Waals surface area contributed by atoms with Crippen LogP contribution in [0.3, 0.4) is 0 Å². The molecule has 1 unspecified atom stereocenters. The van der Waals surface area contributed by atoms with E-state index in [1.807, 2.05) is 0 Å². The van der Waals surface area contributed by atoms with Gasteiger partial charge in [-0.2, -0.15) is 13.2 Å². The van der Waals surface area contributed by atoms with Crippen molar-refractivity contribution in [3.8, 4) is 0 Å². The number of rotatable bonds is 5. The molecule has 1 aromatic carbocycles. The Morgan fingerprint density at radius 2 is 2.00 bits per heavy atom. The molecule has 0 aliphatic rings. The average Bonchev–Trinajstić information content (AvgIpc) is 2.25. The molecule has 0 radical (unpaired) electrons. The SMILES string of the molecule is NNC(CCCC(F)(F)F)c1c(F)cccc1Br. The third-order valence-corrected chi connectivity index (χ3v) is 3.19. The zero-order valence-electron chi connectivity index (χ0n) is 9.40. The first kappa shape index (κ1) is 15.4. The Kier molecular flexibility index (Phi) is 5.55. The van der Waals surface area contributed by atoms with Gasteiger partial charge in [-0.05, 0) is 25.0 Å². The topological polar surface area (TPSA) is 38.0 Å². The van der Waals surface area contributed by atoms with Crippen LogP contribution in [0.15, 0.2) is 22.7 Å². The summed E-state index contributed by atoms with van der Waals surface area (Å²) in [6.45, 7) is 0. The molecule has 0 saturated heterocycles. The Labute approximate surface area is 111 Å². The molecule has 0 fully saturated rings. The Hall–Kier alpha value is -0.660. The van der Waals surface area contributed by atoms with Crippen molar-refractivity contribution >= 4 is 15.9 Å². The molecule has 3 N–H and O–H groups in total. The number of nitrogens with two attached hydrogens (primary N) is 1. The summed E-state index contributed by atoms with van der Waals surface area (Å²) >= 11 is 3.16. The third-order valence-electron chi connectivity index (χ3n) is 2.50. The highest BCUT2D eigenvalue weighted by Gasteiger charge is 2.27. The lowest BCUT2D eigenvalue weighted by atomic mass is 10.0. The van der Waals surface area contributed by atoms with Crippen LogP contribution in [0.1, 0.15) is 30.9 Å². The van der Waals surface area contributed by atoms with Gasteiger partial charge in [-0.15, -0.1) is 0 Å². The van der Waals surface area contributed by atoms with Gasteiger partial charge in [0.25, 0.3) is 0 Å². The number of hydrazine groups is 1. The van der Waals surface area contributed by atoms with Gasteiger partial charge in [0.05, 0.1) is 0 Å². The summed E-state index contributed by atoms with van der Waals surface area (Å²) in [6, 6.07) is 3.72. The Balaban J connectivity index is 2.72. The van der Waals surface area contributed by atoms with Gasteiger partial charge in [0.2, 0.25) is 0 Å². The maximum Gasteiger partial charge on any atom is 0.389 e. The van der Waals surface area contributed by atoms with Crippen molar-refractivity contribution in [2.75, 3.05) is 0 Å². The lowest BCUT2D eigenvalue weighted by Gasteiger charge is -2.18. The molecule has 0 aliphatic carbocycles. The smallest absolute Gasteiger partial charge is 0.271 e. The van der Waals surface area contributed by atoms with Gasteiger partial charge >= 0.3 is 6.18 Å². The van der Waals surface area contributed by atoms with Gasteiger partial charge in [0.1, 0.15) is 5.82 Å². The highest BCUT2D eigenvalue weighted by Crippen LogP contribution is 2.31. The Bertz CT molecular complexity index is 375. The first-order valence-corrected chi connectivity index (χ1v) is 6.11. The number of halogens is 5. The second-order valence-electron chi connectivity index (χ2n) is 3.86. The summed E-state index contributed by atoms with van der Waals surface area (Å²) in [7, 11) is 0. The zero-order chi connectivity index (χ0) is 13.8. The zero-order valence-corrected chi connectivity index (χ0v) is 11.0. The van der Waals surface area contributed by atoms with Gasteiger partial charge in [-0.3, -0.25) is 11.3 Å². The fraction of sp³-hybridized carbons (Fsp3) is 0.455. The molecule has 1 rings (SSSR count). The quantitative estimate of drug-likeness (QED) is 0.490. The maximum atomic E-state index is 13.6. The monoisotopic (exact) mass is 328 g/mol. The number of alkyl halides is 3. The highest BCUT2D eigenvalue weighted by molar-refractivity contribution is 9.10. The molecule has 1 atom stereocenters. The van der Waals surface area contributed by atoms with Crippen LogP contribution in [0.25, 0.3) is 0 Å². The minimum atomic E-state index is -4.20. The van der Waals surface area contributed by atoms with Crippen LogP contribution in [0.4, 0.5) is 17.6 Å². The molecule has 0 spiro atoms. The molecular formula is C11H13BrF4N2. The van der Waals surface area contributed by atoms with E-state index in [9.17, 15) is 17.6 Å². The second kappa shape index (κ2) is 6.49. The summed E-state index contributed by atoms with van der Waals surface area (Å²) in [5.41, 5.74) is 2.60. The molecule has 18 heavy (non-hydrogen) atoms. The van der Waals surface area contributed by atoms with E-state index in [2.05, 4.69) is 21.4 Å². The van der Waals surface area contributed by atoms with Crippen molar-refractivity contribution < 1.29 is 17.6 Å². The molecule has 0 amide bonds. The fourth-order valence-electron chi connectivity index (χ4n) is 1.66. The summed E-state index contributed by atoms with van der Waals surface area (Å²) in [5, 5.41) is 0.